The van der Waals surface area contributed by atoms with E-state index in [2.05, 4.69) is 25.9 Å². The number of carbonyl (C=O) groups is 4. The van der Waals surface area contributed by atoms with E-state index in [1.807, 2.05) is 0 Å². The van der Waals surface area contributed by atoms with Crippen LogP contribution in [0.3, 0.4) is 0 Å². The fourth-order valence-corrected chi connectivity index (χ4v) is 5.70. The molecule has 2 aliphatic heterocycles. The van der Waals surface area contributed by atoms with Crippen LogP contribution >= 0.6 is 35.1 Å². The van der Waals surface area contributed by atoms with Crippen LogP contribution in [-0.2, 0) is 19.2 Å². The average molecular weight is 499 g/mol. The molecular weight excluding hydrogens is 484 g/mol. The Morgan fingerprint density at radius 2 is 2.19 bits per heavy atom. The number of nitrogen functional groups attached to an aromatic ring is 1. The van der Waals surface area contributed by atoms with Gasteiger partial charge in [0.25, 0.3) is 5.91 Å². The molecule has 0 saturated carbocycles. The molecule has 4 rings (SSSR count). The van der Waals surface area contributed by atoms with Crippen molar-refractivity contribution in [3.8, 4) is 0 Å². The molecule has 32 heavy (non-hydrogen) atoms. The predicted molar refractivity (Wildman–Crippen MR) is 114 cm³/mol. The summed E-state index contributed by atoms with van der Waals surface area (Å²) < 4.78 is 1.18. The number of anilines is 1. The first kappa shape index (κ1) is 22.3. The van der Waals surface area contributed by atoms with Gasteiger partial charge in [0.2, 0.25) is 11.6 Å². The van der Waals surface area contributed by atoms with E-state index < -0.39 is 41.4 Å². The number of aromatic nitrogens is 5. The molecule has 2 atom stereocenters. The molecule has 2 aliphatic rings. The third kappa shape index (κ3) is 4.10. The quantitative estimate of drug-likeness (QED) is 0.177. The molecule has 1 unspecified atom stereocenters. The Kier molecular flexibility index (Phi) is 6.21. The van der Waals surface area contributed by atoms with Gasteiger partial charge >= 0.3 is 5.97 Å². The number of amides is 2. The summed E-state index contributed by atoms with van der Waals surface area (Å²) in [5.74, 6) is -2.62. The van der Waals surface area contributed by atoms with Crippen molar-refractivity contribution < 1.29 is 24.3 Å². The van der Waals surface area contributed by atoms with Crippen molar-refractivity contribution in [2.75, 3.05) is 23.1 Å². The lowest BCUT2D eigenvalue weighted by molar-refractivity contribution is -0.150. The molecule has 2 aromatic heterocycles. The number of ketones is 1. The number of β-lactam (4-membered cyclic amide) rings is 1. The van der Waals surface area contributed by atoms with Crippen LogP contribution in [0.4, 0.5) is 5.69 Å². The summed E-state index contributed by atoms with van der Waals surface area (Å²) >= 11 is 7.95. The zero-order valence-electron chi connectivity index (χ0n) is 16.1. The molecule has 2 amide bonds. The summed E-state index contributed by atoms with van der Waals surface area (Å²) in [7, 11) is 0. The van der Waals surface area contributed by atoms with E-state index in [9.17, 15) is 24.3 Å². The topological polar surface area (TPSA) is 186 Å². The largest absolute Gasteiger partial charge is 0.477 e. The second kappa shape index (κ2) is 8.91. The summed E-state index contributed by atoms with van der Waals surface area (Å²) in [6, 6.07) is 0.682. The summed E-state index contributed by atoms with van der Waals surface area (Å²) in [5, 5.41) is 27.3. The van der Waals surface area contributed by atoms with Gasteiger partial charge in [-0.3, -0.25) is 19.3 Å². The Balaban J connectivity index is 1.48. The molecule has 0 aliphatic carbocycles. The van der Waals surface area contributed by atoms with Crippen LogP contribution in [0.1, 0.15) is 6.42 Å². The van der Waals surface area contributed by atoms with Crippen LogP contribution in [0.25, 0.3) is 5.65 Å². The Morgan fingerprint density at radius 3 is 2.91 bits per heavy atom. The number of hydrogen-bond donors (Lipinski definition) is 3. The van der Waals surface area contributed by atoms with Gasteiger partial charge in [-0.1, -0.05) is 11.8 Å². The van der Waals surface area contributed by atoms with Gasteiger partial charge in [0.15, 0.2) is 5.78 Å². The predicted octanol–water partition coefficient (Wildman–Crippen LogP) is -0.870. The molecule has 16 heteroatoms. The molecule has 4 heterocycles. The number of nitrogens with zero attached hydrogens (tertiary/aromatic N) is 6. The number of carboxylic acid groups (broad SMARTS) is 1. The van der Waals surface area contributed by atoms with Crippen molar-refractivity contribution in [2.45, 2.75) is 22.9 Å². The van der Waals surface area contributed by atoms with Crippen LogP contribution in [0.2, 0.25) is 0 Å². The lowest BCUT2D eigenvalue weighted by Crippen LogP contribution is -2.70. The van der Waals surface area contributed by atoms with Gasteiger partial charge in [-0.15, -0.1) is 38.2 Å². The number of fused-ring (bicyclic) bond motifs is 2. The normalized spacial score (nSPS) is 20.2. The standard InChI is InChI=1S/C16H15ClN8O5S2/c17-3-7(26)1-9(27)19-11-14(28)24-12(16(29)30)6(5-32-15(11)24)4-31-10-2-8(18)13-20-22-23-25(13)21-10/h2,11,15H,1,3-5,18H2,(H,19,27)(H,29,30)/t11?,15-/m0/s1. The Hall–Kier alpha value is -2.91. The van der Waals surface area contributed by atoms with E-state index in [1.54, 1.807) is 6.07 Å². The minimum atomic E-state index is -1.25. The van der Waals surface area contributed by atoms with E-state index >= 15 is 0 Å². The van der Waals surface area contributed by atoms with Gasteiger partial charge in [-0.2, -0.15) is 0 Å². The van der Waals surface area contributed by atoms with Gasteiger partial charge in [0.05, 0.1) is 18.0 Å². The number of nitrogens with one attached hydrogen (secondary N) is 1. The van der Waals surface area contributed by atoms with E-state index in [0.29, 0.717) is 27.7 Å². The highest BCUT2D eigenvalue weighted by Crippen LogP contribution is 2.41. The SMILES string of the molecule is Nc1cc(SCC2=C(C(=O)O)N3C(=O)C(NC(=O)CC(=O)CCl)[C@@H]3SC2)nn2nnnc12. The second-order valence-corrected chi connectivity index (χ2v) is 9.15. The monoisotopic (exact) mass is 498 g/mol. The number of nitrogens with two attached hydrogens (primary N) is 1. The number of carboxylic acids is 1. The maximum Gasteiger partial charge on any atom is 0.352 e. The number of alkyl halides is 1. The molecule has 1 fully saturated rings. The number of rotatable bonds is 8. The number of carbonyl (C=O) groups excluding carboxylic acids is 3. The number of hydrogen-bond acceptors (Lipinski definition) is 11. The van der Waals surface area contributed by atoms with Gasteiger partial charge < -0.3 is 16.2 Å². The summed E-state index contributed by atoms with van der Waals surface area (Å²) in [4.78, 5) is 49.0. The highest BCUT2D eigenvalue weighted by Gasteiger charge is 2.54. The van der Waals surface area contributed by atoms with Gasteiger partial charge in [0.1, 0.15) is 22.1 Å². The van der Waals surface area contributed by atoms with Crippen LogP contribution in [0.5, 0.6) is 0 Å². The highest BCUT2D eigenvalue weighted by atomic mass is 35.5. The highest BCUT2D eigenvalue weighted by molar-refractivity contribution is 8.01. The Morgan fingerprint density at radius 1 is 1.41 bits per heavy atom. The van der Waals surface area contributed by atoms with Crippen LogP contribution in [0.15, 0.2) is 22.4 Å². The number of Topliss-reactive ketones (excluding diaryl/α,β-unsaturated/α-hetero) is 1. The number of tetrazole rings is 1. The zero-order valence-corrected chi connectivity index (χ0v) is 18.5. The van der Waals surface area contributed by atoms with Crippen LogP contribution < -0.4 is 11.1 Å². The van der Waals surface area contributed by atoms with Crippen molar-refractivity contribution in [3.05, 3.63) is 17.3 Å². The Bertz CT molecular complexity index is 1170. The maximum absolute atomic E-state index is 12.6. The van der Waals surface area contributed by atoms with Crippen molar-refractivity contribution in [2.24, 2.45) is 0 Å². The molecule has 0 aromatic carbocycles. The van der Waals surface area contributed by atoms with Gasteiger partial charge in [0, 0.05) is 11.5 Å². The Labute approximate surface area is 193 Å². The summed E-state index contributed by atoms with van der Waals surface area (Å²) in [5.41, 5.74) is 6.94. The molecular formula is C16H15ClN8O5S2. The van der Waals surface area contributed by atoms with Crippen molar-refractivity contribution in [1.29, 1.82) is 0 Å². The first-order valence-corrected chi connectivity index (χ1v) is 11.6. The van der Waals surface area contributed by atoms with Crippen molar-refractivity contribution in [3.63, 3.8) is 0 Å². The molecule has 4 N–H and O–H groups in total. The third-order valence-corrected chi connectivity index (χ3v) is 7.28. The summed E-state index contributed by atoms with van der Waals surface area (Å²) in [6.45, 7) is 0. The third-order valence-electron chi connectivity index (χ3n) is 4.65. The number of halogens is 1. The lowest BCUT2D eigenvalue weighted by atomic mass is 10.0. The van der Waals surface area contributed by atoms with E-state index in [0.717, 1.165) is 4.90 Å². The minimum absolute atomic E-state index is 0.120. The van der Waals surface area contributed by atoms with Crippen LogP contribution in [-0.4, -0.2) is 87.6 Å². The van der Waals surface area contributed by atoms with Crippen molar-refractivity contribution >= 4 is 70.0 Å². The maximum atomic E-state index is 12.6. The molecule has 0 spiro atoms. The molecule has 1 saturated heterocycles. The number of thioether (sulfide) groups is 2. The first-order chi connectivity index (χ1) is 15.3. The molecule has 2 aromatic rings. The van der Waals surface area contributed by atoms with E-state index in [-0.39, 0.29) is 17.3 Å². The first-order valence-electron chi connectivity index (χ1n) is 9.05. The van der Waals surface area contributed by atoms with Crippen LogP contribution in [0, 0.1) is 0 Å². The number of aliphatic carboxylic acids is 1. The lowest BCUT2D eigenvalue weighted by Gasteiger charge is -2.49. The van der Waals surface area contributed by atoms with E-state index in [4.69, 9.17) is 17.3 Å². The second-order valence-electron chi connectivity index (χ2n) is 6.78. The fraction of sp³-hybridized carbons (Fsp3) is 0.375. The smallest absolute Gasteiger partial charge is 0.352 e. The fourth-order valence-electron chi connectivity index (χ4n) is 3.22. The average Bonchev–Trinajstić information content (AvgIpc) is 3.24. The minimum Gasteiger partial charge on any atom is -0.477 e. The molecule has 0 bridgehead atoms. The zero-order chi connectivity index (χ0) is 23.0. The van der Waals surface area contributed by atoms with Crippen molar-refractivity contribution in [1.82, 2.24) is 35.5 Å². The summed E-state index contributed by atoms with van der Waals surface area (Å²) in [6.07, 6.45) is -0.435. The molecule has 168 valence electrons. The van der Waals surface area contributed by atoms with E-state index in [1.165, 1.54) is 28.2 Å². The van der Waals surface area contributed by atoms with Gasteiger partial charge in [-0.25, -0.2) is 4.79 Å². The van der Waals surface area contributed by atoms with Gasteiger partial charge in [-0.05, 0) is 22.1 Å². The molecule has 0 radical (unpaired) electrons. The molecule has 13 nitrogen and oxygen atoms in total.